The number of nitrogens with zero attached hydrogens (tertiary/aromatic N) is 5. The maximum Gasteiger partial charge on any atom is 0.137 e. The normalized spacial score (nSPS) is 14.5. The van der Waals surface area contributed by atoms with Gasteiger partial charge in [0.05, 0.1) is 34.8 Å². The fourth-order valence-corrected chi connectivity index (χ4v) is 13.0. The van der Waals surface area contributed by atoms with E-state index in [1.165, 1.54) is 74.2 Å². The molecular weight excluding hydrogens is 831 g/mol. The number of hydrogen-bond donors (Lipinski definition) is 0. The summed E-state index contributed by atoms with van der Waals surface area (Å²) < 4.78 is 9.01. The molecule has 7 aromatic carbocycles. The average Bonchev–Trinajstić information content (AvgIpc) is 3.93. The highest BCUT2D eigenvalue weighted by Crippen LogP contribution is 2.66. The second-order valence-electron chi connectivity index (χ2n) is 17.4. The number of para-hydroxylation sites is 2. The van der Waals surface area contributed by atoms with Crippen LogP contribution in [0.2, 0.25) is 0 Å². The predicted molar refractivity (Wildman–Crippen MR) is 262 cm³/mol. The molecule has 9 aromatic rings. The van der Waals surface area contributed by atoms with E-state index in [2.05, 4.69) is 198 Å². The van der Waals surface area contributed by atoms with Gasteiger partial charge < -0.3 is 19.4 Å². The van der Waals surface area contributed by atoms with E-state index in [1.807, 2.05) is 47.5 Å². The van der Waals surface area contributed by atoms with Gasteiger partial charge >= 0.3 is 0 Å². The zero-order valence-corrected chi connectivity index (χ0v) is 37.2. The van der Waals surface area contributed by atoms with Crippen molar-refractivity contribution in [2.45, 2.75) is 55.6 Å². The quantitative estimate of drug-likeness (QED) is 0.164. The second-order valence-corrected chi connectivity index (χ2v) is 20.6. The predicted octanol–water partition coefficient (Wildman–Crippen LogP) is 15.6. The molecule has 4 aliphatic rings. The highest BCUT2D eigenvalue weighted by atomic mass is 32.2. The highest BCUT2D eigenvalue weighted by Gasteiger charge is 2.39. The van der Waals surface area contributed by atoms with Crippen LogP contribution in [0.15, 0.2) is 200 Å². The van der Waals surface area contributed by atoms with Crippen molar-refractivity contribution in [1.82, 2.24) is 9.55 Å². The zero-order chi connectivity index (χ0) is 42.0. The van der Waals surface area contributed by atoms with Crippen molar-refractivity contribution in [3.05, 3.63) is 176 Å². The first-order valence-corrected chi connectivity index (χ1v) is 23.6. The van der Waals surface area contributed by atoms with Gasteiger partial charge in [0.2, 0.25) is 0 Å². The zero-order valence-electron chi connectivity index (χ0n) is 34.7. The largest absolute Gasteiger partial charge is 0.457 e. The van der Waals surface area contributed by atoms with Crippen molar-refractivity contribution in [3.8, 4) is 28.4 Å². The lowest BCUT2D eigenvalue weighted by Crippen LogP contribution is -2.26. The van der Waals surface area contributed by atoms with Crippen molar-refractivity contribution in [1.29, 1.82) is 0 Å². The van der Waals surface area contributed by atoms with Gasteiger partial charge in [-0.15, -0.1) is 0 Å². The molecule has 9 heteroatoms. The number of ether oxygens (including phenoxy) is 1. The molecule has 6 nitrogen and oxygen atoms in total. The van der Waals surface area contributed by atoms with Crippen molar-refractivity contribution in [2.75, 3.05) is 21.4 Å². The molecule has 0 fully saturated rings. The summed E-state index contributed by atoms with van der Waals surface area (Å²) in [5, 5.41) is 2.33. The maximum atomic E-state index is 6.73. The molecule has 13 rings (SSSR count). The van der Waals surface area contributed by atoms with E-state index in [4.69, 9.17) is 9.72 Å². The number of benzene rings is 7. The van der Waals surface area contributed by atoms with Crippen LogP contribution in [0.1, 0.15) is 26.3 Å². The van der Waals surface area contributed by atoms with E-state index < -0.39 is 0 Å². The Kier molecular flexibility index (Phi) is 8.23. The van der Waals surface area contributed by atoms with Gasteiger partial charge in [-0.25, -0.2) is 4.98 Å². The van der Waals surface area contributed by atoms with Crippen LogP contribution in [0.3, 0.4) is 0 Å². The van der Waals surface area contributed by atoms with Crippen LogP contribution in [-0.2, 0) is 5.41 Å². The minimum Gasteiger partial charge on any atom is -0.457 e. The molecule has 0 atom stereocenters. The monoisotopic (exact) mass is 869 g/mol. The van der Waals surface area contributed by atoms with Gasteiger partial charge in [-0.05, 0) is 107 Å². The Labute approximate surface area is 378 Å². The minimum atomic E-state index is -0.0194. The van der Waals surface area contributed by atoms with Crippen LogP contribution in [0.5, 0.6) is 11.5 Å². The summed E-state index contributed by atoms with van der Waals surface area (Å²) in [5.74, 6) is 2.44. The summed E-state index contributed by atoms with van der Waals surface area (Å²) in [5.41, 5.74) is 12.0. The van der Waals surface area contributed by atoms with Gasteiger partial charge in [-0.3, -0.25) is 4.57 Å². The standard InChI is InChI=1S/C54H39N5OS3/c1-54(2,3)35-22-23-55-50(27-35)58-42-21-18-34(33-10-5-4-6-11-33)26-41(42)40-20-19-39(31-43(40)58)60-38-13-7-12-36(28-38)56-24-25-57(32-56)37-29-48-53-49(30-37)63-47-17-9-15-45-52(47)59(53)51-44(61-45)14-8-16-46(51)62-48/h4-31H,32H2,1-3H3. The first-order chi connectivity index (χ1) is 30.8. The Bertz CT molecular complexity index is 3330. The molecule has 0 saturated carbocycles. The van der Waals surface area contributed by atoms with Crippen molar-refractivity contribution < 1.29 is 4.74 Å². The van der Waals surface area contributed by atoms with E-state index in [-0.39, 0.29) is 5.41 Å². The second kappa shape index (κ2) is 14.0. The SMILES string of the molecule is CC(C)(C)c1ccnc(-n2c3ccc(-c4ccccc4)cc3c3ccc(Oc4cccc(N5C=CN(c6cc7c8c(c6)Sc6cccc9c6N8c6c(cccc6S7)S9)C5)c4)cc32)c1. The smallest absolute Gasteiger partial charge is 0.137 e. The summed E-state index contributed by atoms with van der Waals surface area (Å²) >= 11 is 5.67. The van der Waals surface area contributed by atoms with E-state index in [0.29, 0.717) is 6.67 Å². The van der Waals surface area contributed by atoms with E-state index in [1.54, 1.807) is 0 Å². The fourth-order valence-electron chi connectivity index (χ4n) is 9.32. The van der Waals surface area contributed by atoms with E-state index in [0.717, 1.165) is 39.4 Å². The van der Waals surface area contributed by atoms with Crippen molar-refractivity contribution in [3.63, 3.8) is 0 Å². The highest BCUT2D eigenvalue weighted by molar-refractivity contribution is 8.01. The Morgan fingerprint density at radius 3 is 1.87 bits per heavy atom. The molecule has 0 aliphatic carbocycles. The molecule has 304 valence electrons. The minimum absolute atomic E-state index is 0.0194. The number of anilines is 5. The summed E-state index contributed by atoms with van der Waals surface area (Å²) in [6.07, 6.45) is 6.29. The van der Waals surface area contributed by atoms with Gasteiger partial charge in [0.25, 0.3) is 0 Å². The molecule has 0 radical (unpaired) electrons. The van der Waals surface area contributed by atoms with Crippen LogP contribution in [0, 0.1) is 0 Å². The number of fused-ring (bicyclic) bond motifs is 3. The third-order valence-electron chi connectivity index (χ3n) is 12.4. The van der Waals surface area contributed by atoms with Crippen LogP contribution in [-0.4, -0.2) is 16.2 Å². The molecule has 0 unspecified atom stereocenters. The first-order valence-electron chi connectivity index (χ1n) is 21.2. The third-order valence-corrected chi connectivity index (χ3v) is 15.7. The van der Waals surface area contributed by atoms with Crippen molar-refractivity contribution >= 4 is 85.5 Å². The Morgan fingerprint density at radius 2 is 1.16 bits per heavy atom. The molecule has 0 N–H and O–H groups in total. The lowest BCUT2D eigenvalue weighted by molar-refractivity contribution is 0.483. The van der Waals surface area contributed by atoms with Crippen LogP contribution >= 0.6 is 35.3 Å². The topological polar surface area (TPSA) is 36.8 Å². The van der Waals surface area contributed by atoms with Gasteiger partial charge in [0.15, 0.2) is 0 Å². The fraction of sp³-hybridized carbons (Fsp3) is 0.0926. The van der Waals surface area contributed by atoms with Gasteiger partial charge in [-0.2, -0.15) is 0 Å². The van der Waals surface area contributed by atoms with Gasteiger partial charge in [-0.1, -0.05) is 111 Å². The van der Waals surface area contributed by atoms with E-state index in [9.17, 15) is 0 Å². The molecule has 4 aliphatic heterocycles. The molecular formula is C54H39N5OS3. The Balaban J connectivity index is 0.814. The van der Waals surface area contributed by atoms with E-state index >= 15 is 0 Å². The van der Waals surface area contributed by atoms with Crippen LogP contribution in [0.4, 0.5) is 28.4 Å². The lowest BCUT2D eigenvalue weighted by atomic mass is 9.88. The summed E-state index contributed by atoms with van der Waals surface area (Å²) in [6, 6.07) is 54.7. The molecule has 0 spiro atoms. The summed E-state index contributed by atoms with van der Waals surface area (Å²) in [6.45, 7) is 7.43. The molecule has 2 aromatic heterocycles. The summed E-state index contributed by atoms with van der Waals surface area (Å²) in [4.78, 5) is 19.9. The maximum absolute atomic E-state index is 6.73. The third kappa shape index (κ3) is 6.01. The average molecular weight is 870 g/mol. The van der Waals surface area contributed by atoms with Gasteiger partial charge in [0.1, 0.15) is 17.3 Å². The molecule has 0 bridgehead atoms. The molecule has 6 heterocycles. The van der Waals surface area contributed by atoms with Crippen LogP contribution in [0.25, 0.3) is 38.8 Å². The lowest BCUT2D eigenvalue weighted by Gasteiger charge is -2.43. The number of rotatable bonds is 6. The molecule has 0 amide bonds. The van der Waals surface area contributed by atoms with Crippen molar-refractivity contribution in [2.24, 2.45) is 0 Å². The van der Waals surface area contributed by atoms with Crippen LogP contribution < -0.4 is 19.4 Å². The molecule has 0 saturated heterocycles. The Morgan fingerprint density at radius 1 is 0.508 bits per heavy atom. The summed E-state index contributed by atoms with van der Waals surface area (Å²) in [7, 11) is 0. The van der Waals surface area contributed by atoms with Gasteiger partial charge in [0, 0.05) is 82.2 Å². The number of aromatic nitrogens is 2. The number of hydrogen-bond acceptors (Lipinski definition) is 8. The molecule has 63 heavy (non-hydrogen) atoms. The Hall–Kier alpha value is -6.52. The number of pyridine rings is 1. The first kappa shape index (κ1) is 37.1.